The summed E-state index contributed by atoms with van der Waals surface area (Å²) < 4.78 is 0. The van der Waals surface area contributed by atoms with Crippen molar-refractivity contribution >= 4 is 11.4 Å². The zero-order valence-corrected chi connectivity index (χ0v) is 9.98. The molecule has 90 valence electrons. The van der Waals surface area contributed by atoms with Crippen molar-refractivity contribution in [2.24, 2.45) is 0 Å². The van der Waals surface area contributed by atoms with Crippen molar-refractivity contribution in [1.29, 1.82) is 5.26 Å². The van der Waals surface area contributed by atoms with Gasteiger partial charge in [0.05, 0.1) is 16.9 Å². The molecule has 0 bridgehead atoms. The third-order valence-electron chi connectivity index (χ3n) is 3.36. The lowest BCUT2D eigenvalue weighted by atomic mass is 9.93. The fraction of sp³-hybridized carbons (Fsp3) is 0.462. The Kier molecular flexibility index (Phi) is 2.95. The molecular weight excluding hydrogens is 214 g/mol. The van der Waals surface area contributed by atoms with E-state index in [2.05, 4.69) is 11.0 Å². The number of nitrogen functional groups attached to an aromatic ring is 1. The minimum Gasteiger partial charge on any atom is -0.398 e. The maximum atomic E-state index is 9.88. The number of nitrogens with zero attached hydrogens (tertiary/aromatic N) is 2. The van der Waals surface area contributed by atoms with E-state index in [1.165, 1.54) is 0 Å². The van der Waals surface area contributed by atoms with Crippen LogP contribution in [-0.2, 0) is 0 Å². The van der Waals surface area contributed by atoms with Gasteiger partial charge in [-0.05, 0) is 38.0 Å². The summed E-state index contributed by atoms with van der Waals surface area (Å²) in [5, 5.41) is 18.7. The molecule has 0 saturated carbocycles. The van der Waals surface area contributed by atoms with Crippen molar-refractivity contribution < 1.29 is 5.11 Å². The highest BCUT2D eigenvalue weighted by atomic mass is 16.3. The van der Waals surface area contributed by atoms with Gasteiger partial charge in [0.1, 0.15) is 6.07 Å². The van der Waals surface area contributed by atoms with Gasteiger partial charge in [0.15, 0.2) is 0 Å². The lowest BCUT2D eigenvalue weighted by Gasteiger charge is -2.37. The van der Waals surface area contributed by atoms with E-state index in [9.17, 15) is 5.11 Å². The summed E-state index contributed by atoms with van der Waals surface area (Å²) >= 11 is 0. The first kappa shape index (κ1) is 11.7. The first-order valence-electron chi connectivity index (χ1n) is 5.79. The second-order valence-electron chi connectivity index (χ2n) is 4.87. The Morgan fingerprint density at radius 2 is 2.06 bits per heavy atom. The highest BCUT2D eigenvalue weighted by Gasteiger charge is 2.27. The lowest BCUT2D eigenvalue weighted by Crippen LogP contribution is -2.42. The number of hydrogen-bond donors (Lipinski definition) is 2. The zero-order valence-electron chi connectivity index (χ0n) is 9.98. The summed E-state index contributed by atoms with van der Waals surface area (Å²) in [4.78, 5) is 2.19. The summed E-state index contributed by atoms with van der Waals surface area (Å²) in [5.74, 6) is 0. The maximum absolute atomic E-state index is 9.88. The topological polar surface area (TPSA) is 73.3 Å². The molecule has 4 heteroatoms. The highest BCUT2D eigenvalue weighted by molar-refractivity contribution is 5.63. The number of piperidine rings is 1. The quantitative estimate of drug-likeness (QED) is 0.718. The van der Waals surface area contributed by atoms with Crippen LogP contribution in [0, 0.1) is 11.3 Å². The number of aliphatic hydroxyl groups is 1. The maximum Gasteiger partial charge on any atom is 0.101 e. The predicted molar refractivity (Wildman–Crippen MR) is 67.6 cm³/mol. The van der Waals surface area contributed by atoms with Crippen molar-refractivity contribution in [1.82, 2.24) is 0 Å². The summed E-state index contributed by atoms with van der Waals surface area (Å²) in [5.41, 5.74) is 7.30. The van der Waals surface area contributed by atoms with Gasteiger partial charge in [-0.3, -0.25) is 0 Å². The second-order valence-corrected chi connectivity index (χ2v) is 4.87. The average molecular weight is 231 g/mol. The van der Waals surface area contributed by atoms with Crippen LogP contribution in [0.15, 0.2) is 18.2 Å². The monoisotopic (exact) mass is 231 g/mol. The Morgan fingerprint density at radius 1 is 1.41 bits per heavy atom. The number of hydrogen-bond acceptors (Lipinski definition) is 4. The Morgan fingerprint density at radius 3 is 2.59 bits per heavy atom. The average Bonchev–Trinajstić information content (AvgIpc) is 2.29. The molecule has 1 aliphatic heterocycles. The van der Waals surface area contributed by atoms with Gasteiger partial charge in [-0.25, -0.2) is 0 Å². The van der Waals surface area contributed by atoms with E-state index in [4.69, 9.17) is 11.0 Å². The van der Waals surface area contributed by atoms with E-state index in [0.717, 1.165) is 31.6 Å². The summed E-state index contributed by atoms with van der Waals surface area (Å²) in [7, 11) is 0. The van der Waals surface area contributed by atoms with E-state index in [1.54, 1.807) is 6.07 Å². The molecule has 0 spiro atoms. The molecule has 3 N–H and O–H groups in total. The van der Waals surface area contributed by atoms with Crippen LogP contribution in [0.3, 0.4) is 0 Å². The Balaban J connectivity index is 2.14. The first-order valence-corrected chi connectivity index (χ1v) is 5.79. The first-order chi connectivity index (χ1) is 8.02. The molecule has 1 fully saturated rings. The van der Waals surface area contributed by atoms with Gasteiger partial charge in [-0.2, -0.15) is 5.26 Å². The Labute approximate surface area is 101 Å². The van der Waals surface area contributed by atoms with E-state index in [0.29, 0.717) is 11.3 Å². The molecule has 1 aliphatic rings. The van der Waals surface area contributed by atoms with Gasteiger partial charge in [-0.1, -0.05) is 0 Å². The number of benzene rings is 1. The summed E-state index contributed by atoms with van der Waals surface area (Å²) in [6.45, 7) is 3.51. The third kappa shape index (κ3) is 2.51. The molecular formula is C13H17N3O. The van der Waals surface area contributed by atoms with E-state index < -0.39 is 5.60 Å². The molecule has 0 aliphatic carbocycles. The normalized spacial score (nSPS) is 18.8. The minimum absolute atomic E-state index is 0.512. The molecule has 1 saturated heterocycles. The fourth-order valence-corrected chi connectivity index (χ4v) is 2.10. The summed E-state index contributed by atoms with van der Waals surface area (Å²) in [6.07, 6.45) is 1.51. The predicted octanol–water partition coefficient (Wildman–Crippen LogP) is 1.49. The largest absolute Gasteiger partial charge is 0.398 e. The second kappa shape index (κ2) is 4.27. The van der Waals surface area contributed by atoms with Crippen LogP contribution >= 0.6 is 0 Å². The smallest absolute Gasteiger partial charge is 0.101 e. The molecule has 1 aromatic rings. The van der Waals surface area contributed by atoms with E-state index >= 15 is 0 Å². The number of nitrogens with two attached hydrogens (primary N) is 1. The summed E-state index contributed by atoms with van der Waals surface area (Å²) in [6, 6.07) is 7.55. The minimum atomic E-state index is -0.547. The highest BCUT2D eigenvalue weighted by Crippen LogP contribution is 2.27. The molecule has 17 heavy (non-hydrogen) atoms. The van der Waals surface area contributed by atoms with Crippen LogP contribution in [-0.4, -0.2) is 23.8 Å². The zero-order chi connectivity index (χ0) is 12.5. The molecule has 1 heterocycles. The third-order valence-corrected chi connectivity index (χ3v) is 3.36. The van der Waals surface area contributed by atoms with Crippen LogP contribution in [0.1, 0.15) is 25.3 Å². The van der Waals surface area contributed by atoms with Crippen molar-refractivity contribution in [2.45, 2.75) is 25.4 Å². The fourth-order valence-electron chi connectivity index (χ4n) is 2.10. The van der Waals surface area contributed by atoms with Crippen molar-refractivity contribution in [3.8, 4) is 6.07 Å². The molecule has 1 aromatic carbocycles. The van der Waals surface area contributed by atoms with E-state index in [-0.39, 0.29) is 0 Å². The number of nitriles is 1. The van der Waals surface area contributed by atoms with Crippen LogP contribution in [0.25, 0.3) is 0 Å². The Hall–Kier alpha value is -1.73. The van der Waals surface area contributed by atoms with Gasteiger partial charge in [0, 0.05) is 18.8 Å². The SMILES string of the molecule is CC1(O)CCN(c2ccc(C#N)c(N)c2)CC1. The van der Waals surface area contributed by atoms with Crippen molar-refractivity contribution in [3.05, 3.63) is 23.8 Å². The van der Waals surface area contributed by atoms with Crippen LogP contribution in [0.2, 0.25) is 0 Å². The van der Waals surface area contributed by atoms with Crippen LogP contribution < -0.4 is 10.6 Å². The molecule has 0 amide bonds. The van der Waals surface area contributed by atoms with E-state index in [1.807, 2.05) is 19.1 Å². The molecule has 4 nitrogen and oxygen atoms in total. The van der Waals surface area contributed by atoms with Gasteiger partial charge >= 0.3 is 0 Å². The van der Waals surface area contributed by atoms with Crippen molar-refractivity contribution in [3.63, 3.8) is 0 Å². The van der Waals surface area contributed by atoms with Crippen LogP contribution in [0.4, 0.5) is 11.4 Å². The molecule has 2 rings (SSSR count). The molecule has 0 atom stereocenters. The number of rotatable bonds is 1. The number of anilines is 2. The molecule has 0 aromatic heterocycles. The van der Waals surface area contributed by atoms with Crippen molar-refractivity contribution in [2.75, 3.05) is 23.7 Å². The van der Waals surface area contributed by atoms with Gasteiger partial charge in [-0.15, -0.1) is 0 Å². The van der Waals surface area contributed by atoms with Crippen LogP contribution in [0.5, 0.6) is 0 Å². The van der Waals surface area contributed by atoms with Gasteiger partial charge in [0.25, 0.3) is 0 Å². The lowest BCUT2D eigenvalue weighted by molar-refractivity contribution is 0.0351. The standard InChI is InChI=1S/C13H17N3O/c1-13(17)4-6-16(7-5-13)11-3-2-10(9-14)12(15)8-11/h2-3,8,17H,4-7,15H2,1H3. The molecule has 0 unspecified atom stereocenters. The van der Waals surface area contributed by atoms with Gasteiger partial charge in [0.2, 0.25) is 0 Å². The molecule has 0 radical (unpaired) electrons. The van der Waals surface area contributed by atoms with Gasteiger partial charge < -0.3 is 15.7 Å². The Bertz CT molecular complexity index is 452.